The van der Waals surface area contributed by atoms with E-state index in [4.69, 9.17) is 9.47 Å². The first-order chi connectivity index (χ1) is 15.2. The molecule has 0 amide bonds. The van der Waals surface area contributed by atoms with E-state index >= 15 is 0 Å². The molecule has 0 aliphatic carbocycles. The molecule has 1 heterocycles. The van der Waals surface area contributed by atoms with Crippen molar-refractivity contribution in [2.24, 2.45) is 0 Å². The van der Waals surface area contributed by atoms with Crippen LogP contribution in [0.1, 0.15) is 23.6 Å². The molecular weight excluding hydrogens is 430 g/mol. The fourth-order valence-corrected chi connectivity index (χ4v) is 3.46. The highest BCUT2D eigenvalue weighted by molar-refractivity contribution is 5.41. The lowest BCUT2D eigenvalue weighted by Gasteiger charge is -2.41. The summed E-state index contributed by atoms with van der Waals surface area (Å²) in [5.74, 6) is 0.257. The Morgan fingerprint density at radius 1 is 0.969 bits per heavy atom. The summed E-state index contributed by atoms with van der Waals surface area (Å²) in [6, 6.07) is 10.9. The first kappa shape index (κ1) is 24.3. The van der Waals surface area contributed by atoms with Crippen molar-refractivity contribution in [2.45, 2.75) is 63.4 Å². The van der Waals surface area contributed by atoms with Crippen LogP contribution in [0.15, 0.2) is 42.5 Å². The molecule has 10 heteroatoms. The molecule has 1 saturated heterocycles. The summed E-state index contributed by atoms with van der Waals surface area (Å²) in [5, 5.41) is 49.8. The monoisotopic (exact) mass is 456 g/mol. The van der Waals surface area contributed by atoms with Crippen LogP contribution in [0.2, 0.25) is 0 Å². The van der Waals surface area contributed by atoms with E-state index in [0.29, 0.717) is 17.5 Å². The number of aliphatic hydroxyl groups is 5. The number of hydrogen-bond donors (Lipinski definition) is 5. The highest BCUT2D eigenvalue weighted by atomic mass is 19.3. The van der Waals surface area contributed by atoms with E-state index < -0.39 is 43.4 Å². The highest BCUT2D eigenvalue weighted by Gasteiger charge is 2.46. The normalized spacial score (nSPS) is 26.7. The van der Waals surface area contributed by atoms with E-state index in [1.165, 1.54) is 25.1 Å². The fraction of sp³-hybridized carbons (Fsp3) is 0.455. The van der Waals surface area contributed by atoms with Gasteiger partial charge >= 0.3 is 6.61 Å². The Hall–Kier alpha value is -2.34. The highest BCUT2D eigenvalue weighted by Crippen LogP contribution is 2.30. The van der Waals surface area contributed by atoms with E-state index in [1.54, 1.807) is 24.3 Å². The van der Waals surface area contributed by atoms with Gasteiger partial charge in [-0.1, -0.05) is 24.3 Å². The van der Waals surface area contributed by atoms with Crippen LogP contribution in [0.3, 0.4) is 0 Å². The van der Waals surface area contributed by atoms with E-state index in [1.807, 2.05) is 0 Å². The van der Waals surface area contributed by atoms with Crippen LogP contribution in [0.4, 0.5) is 8.78 Å². The Kier molecular flexibility index (Phi) is 7.99. The maximum atomic E-state index is 12.3. The van der Waals surface area contributed by atoms with Gasteiger partial charge in [0.1, 0.15) is 35.9 Å². The van der Waals surface area contributed by atoms with E-state index in [2.05, 4.69) is 4.74 Å². The summed E-state index contributed by atoms with van der Waals surface area (Å²) in [6.07, 6.45) is -8.15. The summed E-state index contributed by atoms with van der Waals surface area (Å²) in [4.78, 5) is 0. The number of halogens is 2. The smallest absolute Gasteiger partial charge is 0.387 e. The molecule has 2 aromatic carbocycles. The fourth-order valence-electron chi connectivity index (χ4n) is 3.46. The van der Waals surface area contributed by atoms with Gasteiger partial charge in [-0.05, 0) is 41.8 Å². The lowest BCUT2D eigenvalue weighted by Crippen LogP contribution is -2.61. The predicted octanol–water partition coefficient (Wildman–Crippen LogP) is 0.938. The summed E-state index contributed by atoms with van der Waals surface area (Å²) in [5.41, 5.74) is 1.88. The minimum absolute atomic E-state index is 0.0197. The third kappa shape index (κ3) is 5.71. The number of benzene rings is 2. The summed E-state index contributed by atoms with van der Waals surface area (Å²) in [6.45, 7) is -1.83. The van der Waals surface area contributed by atoms with Gasteiger partial charge in [-0.25, -0.2) is 0 Å². The number of hydrogen-bond acceptors (Lipinski definition) is 8. The molecular formula is C22H26F2O8. The Morgan fingerprint density at radius 3 is 2.22 bits per heavy atom. The van der Waals surface area contributed by atoms with Crippen molar-refractivity contribution >= 4 is 0 Å². The molecule has 6 atom stereocenters. The first-order valence-electron chi connectivity index (χ1n) is 10.0. The van der Waals surface area contributed by atoms with Crippen molar-refractivity contribution in [3.63, 3.8) is 0 Å². The third-order valence-electron chi connectivity index (χ3n) is 5.18. The van der Waals surface area contributed by atoms with Gasteiger partial charge in [0.25, 0.3) is 0 Å². The van der Waals surface area contributed by atoms with Gasteiger partial charge < -0.3 is 39.7 Å². The Morgan fingerprint density at radius 2 is 1.62 bits per heavy atom. The molecule has 0 saturated carbocycles. The zero-order valence-corrected chi connectivity index (χ0v) is 17.2. The molecule has 0 spiro atoms. The maximum absolute atomic E-state index is 12.3. The topological polar surface area (TPSA) is 129 Å². The zero-order chi connectivity index (χ0) is 23.4. The van der Waals surface area contributed by atoms with E-state index in [-0.39, 0.29) is 18.1 Å². The van der Waals surface area contributed by atoms with Crippen LogP contribution in [-0.2, 0) is 17.8 Å². The van der Waals surface area contributed by atoms with Gasteiger partial charge in [0.05, 0.1) is 12.7 Å². The van der Waals surface area contributed by atoms with Crippen molar-refractivity contribution in [1.82, 2.24) is 0 Å². The van der Waals surface area contributed by atoms with Crippen molar-refractivity contribution in [3.05, 3.63) is 59.2 Å². The van der Waals surface area contributed by atoms with Crippen LogP contribution in [0.25, 0.3) is 0 Å². The van der Waals surface area contributed by atoms with Gasteiger partial charge in [0.2, 0.25) is 6.29 Å². The molecule has 8 nitrogen and oxygen atoms in total. The molecule has 0 bridgehead atoms. The van der Waals surface area contributed by atoms with Crippen LogP contribution >= 0.6 is 0 Å². The molecule has 0 unspecified atom stereocenters. The largest absolute Gasteiger partial charge is 0.462 e. The second-order valence-electron chi connectivity index (χ2n) is 7.60. The van der Waals surface area contributed by atoms with Gasteiger partial charge in [0.15, 0.2) is 0 Å². The van der Waals surface area contributed by atoms with Gasteiger partial charge in [-0.3, -0.25) is 0 Å². The second-order valence-corrected chi connectivity index (χ2v) is 7.60. The zero-order valence-electron chi connectivity index (χ0n) is 17.2. The Labute approximate surface area is 183 Å². The molecule has 3 rings (SSSR count). The van der Waals surface area contributed by atoms with Gasteiger partial charge in [0, 0.05) is 6.42 Å². The molecule has 0 aromatic heterocycles. The first-order valence-corrected chi connectivity index (χ1v) is 10.0. The SMILES string of the molecule is C[C@@H](O)[C@H]1O[C@@H](Oc2cc(CO)ccc2Cc2ccc(OC(F)F)cc2)[C@H](O)[C@@H](O)[C@@H]1O. The van der Waals surface area contributed by atoms with Crippen LogP contribution < -0.4 is 9.47 Å². The summed E-state index contributed by atoms with van der Waals surface area (Å²) < 4.78 is 40.3. The van der Waals surface area contributed by atoms with Crippen molar-refractivity contribution in [2.75, 3.05) is 0 Å². The number of aliphatic hydroxyl groups excluding tert-OH is 5. The van der Waals surface area contributed by atoms with Gasteiger partial charge in [-0.15, -0.1) is 0 Å². The van der Waals surface area contributed by atoms with Crippen molar-refractivity contribution < 1.29 is 48.5 Å². The van der Waals surface area contributed by atoms with Gasteiger partial charge in [-0.2, -0.15) is 8.78 Å². The van der Waals surface area contributed by atoms with E-state index in [9.17, 15) is 34.3 Å². The molecule has 1 aliphatic rings. The molecule has 1 fully saturated rings. The molecule has 2 aromatic rings. The lowest BCUT2D eigenvalue weighted by atomic mass is 9.96. The Bertz CT molecular complexity index is 877. The molecule has 176 valence electrons. The molecule has 32 heavy (non-hydrogen) atoms. The third-order valence-corrected chi connectivity index (χ3v) is 5.18. The van der Waals surface area contributed by atoms with Crippen LogP contribution in [0.5, 0.6) is 11.5 Å². The lowest BCUT2D eigenvalue weighted by molar-refractivity contribution is -0.286. The summed E-state index contributed by atoms with van der Waals surface area (Å²) >= 11 is 0. The Balaban J connectivity index is 1.83. The second kappa shape index (κ2) is 10.5. The molecule has 1 aliphatic heterocycles. The average Bonchev–Trinajstić information content (AvgIpc) is 2.75. The standard InChI is InChI=1S/C22H26F2O8/c1-11(26)20-18(28)17(27)19(29)21(32-20)31-16-9-13(10-25)2-5-14(16)8-12-3-6-15(7-4-12)30-22(23)24/h2-7,9,11,17-22,25-29H,8,10H2,1H3/t11-,17+,18+,19-,20-,21-/m1/s1. The predicted molar refractivity (Wildman–Crippen MR) is 107 cm³/mol. The minimum atomic E-state index is -2.92. The molecule has 0 radical (unpaired) electrons. The van der Waals surface area contributed by atoms with Crippen LogP contribution in [0, 0.1) is 0 Å². The number of ether oxygens (including phenoxy) is 3. The van der Waals surface area contributed by atoms with E-state index in [0.717, 1.165) is 5.56 Å². The number of rotatable bonds is 8. The van der Waals surface area contributed by atoms with Crippen molar-refractivity contribution in [1.29, 1.82) is 0 Å². The average molecular weight is 456 g/mol. The summed E-state index contributed by atoms with van der Waals surface area (Å²) in [7, 11) is 0. The number of alkyl halides is 2. The van der Waals surface area contributed by atoms with Crippen molar-refractivity contribution in [3.8, 4) is 11.5 Å². The van der Waals surface area contributed by atoms with Crippen LogP contribution in [-0.4, -0.2) is 69.0 Å². The quantitative estimate of drug-likeness (QED) is 0.397. The molecule has 5 N–H and O–H groups in total. The minimum Gasteiger partial charge on any atom is -0.462 e. The maximum Gasteiger partial charge on any atom is 0.387 e.